The minimum atomic E-state index is 0.264. The minimum absolute atomic E-state index is 0.264. The van der Waals surface area contributed by atoms with Gasteiger partial charge in [0, 0.05) is 31.1 Å². The van der Waals surface area contributed by atoms with E-state index in [2.05, 4.69) is 16.8 Å². The van der Waals surface area contributed by atoms with Gasteiger partial charge in [0.15, 0.2) is 0 Å². The number of amides is 1. The summed E-state index contributed by atoms with van der Waals surface area (Å²) in [4.78, 5) is 17.4. The molecule has 1 aromatic carbocycles. The number of likely N-dealkylation sites (tertiary alicyclic amines) is 2. The molecule has 26 heavy (non-hydrogen) atoms. The third kappa shape index (κ3) is 3.98. The normalized spacial score (nSPS) is 23.9. The summed E-state index contributed by atoms with van der Waals surface area (Å²) >= 11 is 0. The van der Waals surface area contributed by atoms with E-state index >= 15 is 0 Å². The van der Waals surface area contributed by atoms with Gasteiger partial charge in [-0.05, 0) is 63.7 Å². The van der Waals surface area contributed by atoms with E-state index in [1.807, 2.05) is 18.2 Å². The Morgan fingerprint density at radius 1 is 1.08 bits per heavy atom. The van der Waals surface area contributed by atoms with E-state index in [1.54, 1.807) is 14.2 Å². The summed E-state index contributed by atoms with van der Waals surface area (Å²) in [6.45, 7) is 2.99. The van der Waals surface area contributed by atoms with Crippen molar-refractivity contribution in [1.82, 2.24) is 9.80 Å². The van der Waals surface area contributed by atoms with Crippen LogP contribution in [0.25, 0.3) is 0 Å². The maximum atomic E-state index is 12.8. The van der Waals surface area contributed by atoms with E-state index in [9.17, 15) is 4.79 Å². The van der Waals surface area contributed by atoms with E-state index in [1.165, 1.54) is 25.8 Å². The van der Waals surface area contributed by atoms with Gasteiger partial charge in [-0.1, -0.05) is 6.07 Å². The van der Waals surface area contributed by atoms with Crippen LogP contribution in [-0.4, -0.2) is 62.1 Å². The van der Waals surface area contributed by atoms with Gasteiger partial charge in [0.2, 0.25) is 5.91 Å². The molecule has 1 unspecified atom stereocenters. The highest BCUT2D eigenvalue weighted by Gasteiger charge is 2.39. The number of hydrogen-bond acceptors (Lipinski definition) is 4. The molecule has 1 amide bonds. The average Bonchev–Trinajstić information content (AvgIpc) is 2.88. The number of benzene rings is 1. The molecule has 2 saturated heterocycles. The molecule has 0 aliphatic carbocycles. The third-order valence-electron chi connectivity index (χ3n) is 6.32. The zero-order valence-electron chi connectivity index (χ0n) is 16.4. The van der Waals surface area contributed by atoms with Gasteiger partial charge in [-0.3, -0.25) is 4.79 Å². The first-order valence-corrected chi connectivity index (χ1v) is 9.78. The predicted octanol–water partition coefficient (Wildman–Crippen LogP) is 3.11. The molecule has 144 valence electrons. The zero-order chi connectivity index (χ0) is 18.6. The minimum Gasteiger partial charge on any atom is -0.497 e. The first-order chi connectivity index (χ1) is 12.6. The number of hydrogen-bond donors (Lipinski definition) is 0. The number of aryl methyl sites for hydroxylation is 1. The van der Waals surface area contributed by atoms with Crippen LogP contribution in [0.4, 0.5) is 0 Å². The molecule has 0 radical (unpaired) electrons. The summed E-state index contributed by atoms with van der Waals surface area (Å²) in [5.41, 5.74) is 1.40. The second-order valence-electron chi connectivity index (χ2n) is 7.66. The van der Waals surface area contributed by atoms with Crippen molar-refractivity contribution in [3.63, 3.8) is 0 Å². The van der Waals surface area contributed by atoms with Crippen molar-refractivity contribution in [2.75, 3.05) is 40.9 Å². The van der Waals surface area contributed by atoms with Crippen molar-refractivity contribution in [2.45, 2.75) is 50.5 Å². The number of carbonyl (C=O) groups is 1. The fourth-order valence-corrected chi connectivity index (χ4v) is 4.59. The summed E-state index contributed by atoms with van der Waals surface area (Å²) in [5.74, 6) is 1.83. The second-order valence-corrected chi connectivity index (χ2v) is 7.66. The molecular formula is C21H32N2O3. The number of carbonyl (C=O) groups excluding carboxylic acids is 1. The van der Waals surface area contributed by atoms with Crippen LogP contribution in [-0.2, 0) is 11.2 Å². The third-order valence-corrected chi connectivity index (χ3v) is 6.32. The Balaban J connectivity index is 1.57. The number of rotatable bonds is 5. The van der Waals surface area contributed by atoms with E-state index < -0.39 is 0 Å². The molecule has 2 aliphatic rings. The summed E-state index contributed by atoms with van der Waals surface area (Å²) in [6, 6.07) is 5.80. The van der Waals surface area contributed by atoms with Gasteiger partial charge < -0.3 is 19.3 Å². The maximum Gasteiger partial charge on any atom is 0.222 e. The van der Waals surface area contributed by atoms with E-state index in [4.69, 9.17) is 9.47 Å². The molecule has 5 heteroatoms. The maximum absolute atomic E-state index is 12.8. The molecule has 2 fully saturated rings. The Morgan fingerprint density at radius 2 is 1.85 bits per heavy atom. The Morgan fingerprint density at radius 3 is 2.50 bits per heavy atom. The Labute approximate surface area is 157 Å². The van der Waals surface area contributed by atoms with Crippen molar-refractivity contribution >= 4 is 5.91 Å². The number of nitrogens with zero attached hydrogens (tertiary/aromatic N) is 2. The highest BCUT2D eigenvalue weighted by atomic mass is 16.5. The van der Waals surface area contributed by atoms with Gasteiger partial charge >= 0.3 is 0 Å². The Bertz CT molecular complexity index is 634. The fraction of sp³-hybridized carbons (Fsp3) is 0.667. The van der Waals surface area contributed by atoms with Gasteiger partial charge in [-0.15, -0.1) is 0 Å². The lowest BCUT2D eigenvalue weighted by atomic mass is 9.88. The molecule has 2 aliphatic heterocycles. The quantitative estimate of drug-likeness (QED) is 0.809. The van der Waals surface area contributed by atoms with Gasteiger partial charge in [0.05, 0.1) is 14.2 Å². The van der Waals surface area contributed by atoms with E-state index in [0.29, 0.717) is 18.4 Å². The summed E-state index contributed by atoms with van der Waals surface area (Å²) in [6.07, 6.45) is 7.26. The summed E-state index contributed by atoms with van der Waals surface area (Å²) < 4.78 is 10.7. The van der Waals surface area contributed by atoms with Crippen LogP contribution in [0.3, 0.4) is 0 Å². The van der Waals surface area contributed by atoms with Gasteiger partial charge in [-0.25, -0.2) is 0 Å². The highest BCUT2D eigenvalue weighted by Crippen LogP contribution is 2.37. The topological polar surface area (TPSA) is 42.0 Å². The van der Waals surface area contributed by atoms with Gasteiger partial charge in [0.25, 0.3) is 0 Å². The van der Waals surface area contributed by atoms with Crippen molar-refractivity contribution in [3.05, 3.63) is 23.8 Å². The molecule has 1 atom stereocenters. The van der Waals surface area contributed by atoms with Gasteiger partial charge in [0.1, 0.15) is 11.5 Å². The molecular weight excluding hydrogens is 328 g/mol. The van der Waals surface area contributed by atoms with Crippen LogP contribution in [0.15, 0.2) is 18.2 Å². The summed E-state index contributed by atoms with van der Waals surface area (Å²) in [5, 5.41) is 0. The molecule has 2 heterocycles. The molecule has 0 bridgehead atoms. The highest BCUT2D eigenvalue weighted by molar-refractivity contribution is 5.76. The molecule has 1 spiro atoms. The van der Waals surface area contributed by atoms with Crippen molar-refractivity contribution in [1.29, 1.82) is 0 Å². The number of ether oxygens (including phenoxy) is 2. The van der Waals surface area contributed by atoms with Crippen molar-refractivity contribution < 1.29 is 14.3 Å². The molecule has 0 aromatic heterocycles. The molecule has 1 aromatic rings. The second kappa shape index (κ2) is 8.30. The van der Waals surface area contributed by atoms with Crippen LogP contribution in [0, 0.1) is 0 Å². The number of methoxy groups -OCH3 is 2. The standard InChI is InChI=1S/C21H32N2O3/c1-22-13-4-10-21(22)11-5-14-23(15-12-21)20(24)9-7-17-6-8-18(25-2)16-19(17)26-3/h6,8,16H,4-5,7,9-15H2,1-3H3. The van der Waals surface area contributed by atoms with E-state index in [0.717, 1.165) is 43.0 Å². The van der Waals surface area contributed by atoms with Crippen molar-refractivity contribution in [3.8, 4) is 11.5 Å². The molecule has 0 N–H and O–H groups in total. The molecule has 5 nitrogen and oxygen atoms in total. The van der Waals surface area contributed by atoms with E-state index in [-0.39, 0.29) is 5.91 Å². The lowest BCUT2D eigenvalue weighted by Gasteiger charge is -2.35. The van der Waals surface area contributed by atoms with Crippen LogP contribution in [0.1, 0.15) is 44.1 Å². The first kappa shape index (κ1) is 19.0. The Kier molecular flexibility index (Phi) is 6.07. The van der Waals surface area contributed by atoms with Crippen LogP contribution < -0.4 is 9.47 Å². The average molecular weight is 360 g/mol. The smallest absolute Gasteiger partial charge is 0.222 e. The van der Waals surface area contributed by atoms with Crippen LogP contribution >= 0.6 is 0 Å². The monoisotopic (exact) mass is 360 g/mol. The summed E-state index contributed by atoms with van der Waals surface area (Å²) in [7, 11) is 5.55. The van der Waals surface area contributed by atoms with Gasteiger partial charge in [-0.2, -0.15) is 0 Å². The zero-order valence-corrected chi connectivity index (χ0v) is 16.4. The fourth-order valence-electron chi connectivity index (χ4n) is 4.59. The SMILES string of the molecule is COc1ccc(CCC(=O)N2CCCC3(CCCN3C)CC2)c(OC)c1. The largest absolute Gasteiger partial charge is 0.497 e. The first-order valence-electron chi connectivity index (χ1n) is 9.78. The van der Waals surface area contributed by atoms with Crippen LogP contribution in [0.5, 0.6) is 11.5 Å². The molecule has 0 saturated carbocycles. The predicted molar refractivity (Wildman–Crippen MR) is 103 cm³/mol. The Hall–Kier alpha value is -1.75. The van der Waals surface area contributed by atoms with Crippen molar-refractivity contribution in [2.24, 2.45) is 0 Å². The lowest BCUT2D eigenvalue weighted by Crippen LogP contribution is -2.42. The molecule has 3 rings (SSSR count). The lowest BCUT2D eigenvalue weighted by molar-refractivity contribution is -0.131. The van der Waals surface area contributed by atoms with Crippen LogP contribution in [0.2, 0.25) is 0 Å².